The van der Waals surface area contributed by atoms with Gasteiger partial charge in [0.05, 0.1) is 21.0 Å². The third kappa shape index (κ3) is 7.16. The molecular weight excluding hydrogens is 547 g/mol. The van der Waals surface area contributed by atoms with Gasteiger partial charge in [-0.2, -0.15) is 0 Å². The molecular formula is C24H25BrClFN2O4S. The van der Waals surface area contributed by atoms with Gasteiger partial charge in [0, 0.05) is 12.1 Å². The molecule has 0 aliphatic heterocycles. The number of hydrogen-bond acceptors (Lipinski definition) is 5. The first kappa shape index (κ1) is 26.4. The summed E-state index contributed by atoms with van der Waals surface area (Å²) in [7, 11) is -3.69. The number of halogens is 3. The minimum atomic E-state index is -3.69. The van der Waals surface area contributed by atoms with E-state index in [0.29, 0.717) is 40.7 Å². The summed E-state index contributed by atoms with van der Waals surface area (Å²) in [4.78, 5) is 0.0945. The zero-order valence-corrected chi connectivity index (χ0v) is 21.6. The van der Waals surface area contributed by atoms with Gasteiger partial charge in [0.15, 0.2) is 11.5 Å². The Hall–Kier alpha value is -2.17. The van der Waals surface area contributed by atoms with E-state index in [1.807, 2.05) is 19.1 Å². The van der Waals surface area contributed by atoms with Crippen molar-refractivity contribution in [3.8, 4) is 11.5 Å². The highest BCUT2D eigenvalue weighted by Gasteiger charge is 2.15. The number of benzene rings is 3. The van der Waals surface area contributed by atoms with Crippen molar-refractivity contribution in [2.24, 2.45) is 5.14 Å². The van der Waals surface area contributed by atoms with Crippen molar-refractivity contribution in [1.29, 1.82) is 0 Å². The molecule has 0 heterocycles. The molecule has 0 radical (unpaired) electrons. The maximum absolute atomic E-state index is 14.1. The van der Waals surface area contributed by atoms with Gasteiger partial charge in [-0.15, -0.1) is 0 Å². The normalized spacial score (nSPS) is 11.4. The van der Waals surface area contributed by atoms with Gasteiger partial charge in [0.1, 0.15) is 12.4 Å². The Morgan fingerprint density at radius 1 is 1.09 bits per heavy atom. The average molecular weight is 572 g/mol. The van der Waals surface area contributed by atoms with E-state index < -0.39 is 15.8 Å². The topological polar surface area (TPSA) is 90.6 Å². The summed E-state index contributed by atoms with van der Waals surface area (Å²) in [5.41, 5.74) is 2.24. The third-order valence-corrected chi connectivity index (χ3v) is 6.84. The predicted molar refractivity (Wildman–Crippen MR) is 134 cm³/mol. The summed E-state index contributed by atoms with van der Waals surface area (Å²) in [6.45, 7) is 3.53. The van der Waals surface area contributed by atoms with Crippen LogP contribution in [-0.2, 0) is 29.6 Å². The molecule has 3 rings (SSSR count). The molecule has 3 aromatic rings. The molecule has 0 aromatic heterocycles. The Morgan fingerprint density at radius 2 is 1.82 bits per heavy atom. The van der Waals surface area contributed by atoms with Crippen molar-refractivity contribution in [2.45, 2.75) is 31.4 Å². The molecule has 6 nitrogen and oxygen atoms in total. The monoisotopic (exact) mass is 570 g/mol. The van der Waals surface area contributed by atoms with Crippen molar-refractivity contribution < 1.29 is 22.3 Å². The van der Waals surface area contributed by atoms with Crippen LogP contribution in [0.3, 0.4) is 0 Å². The molecule has 3 N–H and O–H groups in total. The summed E-state index contributed by atoms with van der Waals surface area (Å²) < 4.78 is 49.1. The van der Waals surface area contributed by atoms with E-state index in [4.69, 9.17) is 26.2 Å². The molecule has 0 amide bonds. The van der Waals surface area contributed by atoms with Crippen molar-refractivity contribution in [1.82, 2.24) is 5.32 Å². The van der Waals surface area contributed by atoms with Gasteiger partial charge in [-0.1, -0.05) is 29.8 Å². The molecule has 0 aliphatic rings. The average Bonchev–Trinajstić information content (AvgIpc) is 2.78. The number of primary sulfonamides is 1. The Labute approximate surface area is 212 Å². The van der Waals surface area contributed by atoms with Crippen LogP contribution in [-0.4, -0.2) is 21.6 Å². The van der Waals surface area contributed by atoms with E-state index >= 15 is 0 Å². The molecule has 182 valence electrons. The fraction of sp³-hybridized carbons (Fsp3) is 0.250. The van der Waals surface area contributed by atoms with Gasteiger partial charge >= 0.3 is 0 Å². The van der Waals surface area contributed by atoms with E-state index in [1.54, 1.807) is 24.3 Å². The van der Waals surface area contributed by atoms with Crippen LogP contribution in [0.1, 0.15) is 23.6 Å². The van der Waals surface area contributed by atoms with Gasteiger partial charge in [-0.25, -0.2) is 17.9 Å². The second kappa shape index (κ2) is 12.0. The molecule has 0 unspecified atom stereocenters. The van der Waals surface area contributed by atoms with Gasteiger partial charge in [-0.05, 0) is 83.3 Å². The van der Waals surface area contributed by atoms with Crippen LogP contribution in [0.5, 0.6) is 11.5 Å². The van der Waals surface area contributed by atoms with Crippen molar-refractivity contribution in [3.05, 3.63) is 86.6 Å². The SMILES string of the molecule is CCOc1cc(CNCCc2ccc(S(N)(=O)=O)cc2)cc(Br)c1OCc1c(F)cccc1Cl. The van der Waals surface area contributed by atoms with Crippen LogP contribution in [0, 0.1) is 5.82 Å². The molecule has 0 aliphatic carbocycles. The summed E-state index contributed by atoms with van der Waals surface area (Å²) in [5, 5.41) is 8.78. The Kier molecular flexibility index (Phi) is 9.32. The van der Waals surface area contributed by atoms with E-state index in [0.717, 1.165) is 17.5 Å². The number of nitrogens with two attached hydrogens (primary N) is 1. The number of rotatable bonds is 11. The standard InChI is InChI=1S/C24H25BrClFN2O4S/c1-2-32-23-13-17(14-29-11-10-16-6-8-18(9-7-16)34(28,30)31)12-20(25)24(23)33-15-19-21(26)4-3-5-22(19)27/h3-9,12-13,29H,2,10-11,14-15H2,1H3,(H2,28,30,31). The summed E-state index contributed by atoms with van der Waals surface area (Å²) in [6, 6.07) is 14.8. The highest BCUT2D eigenvalue weighted by atomic mass is 79.9. The molecule has 0 saturated carbocycles. The molecule has 3 aromatic carbocycles. The zero-order chi connectivity index (χ0) is 24.7. The van der Waals surface area contributed by atoms with E-state index in [1.165, 1.54) is 18.2 Å². The maximum atomic E-state index is 14.1. The second-order valence-electron chi connectivity index (χ2n) is 7.44. The molecule has 0 bridgehead atoms. The van der Waals surface area contributed by atoms with Gasteiger partial charge in [-0.3, -0.25) is 0 Å². The lowest BCUT2D eigenvalue weighted by atomic mass is 10.1. The van der Waals surface area contributed by atoms with Crippen LogP contribution in [0.2, 0.25) is 5.02 Å². The largest absolute Gasteiger partial charge is 0.490 e. The highest BCUT2D eigenvalue weighted by Crippen LogP contribution is 2.38. The van der Waals surface area contributed by atoms with Crippen LogP contribution in [0.15, 0.2) is 64.0 Å². The smallest absolute Gasteiger partial charge is 0.238 e. The van der Waals surface area contributed by atoms with Crippen LogP contribution < -0.4 is 19.9 Å². The summed E-state index contributed by atoms with van der Waals surface area (Å²) in [6.07, 6.45) is 0.717. The van der Waals surface area contributed by atoms with Gasteiger partial charge < -0.3 is 14.8 Å². The highest BCUT2D eigenvalue weighted by molar-refractivity contribution is 9.10. The van der Waals surface area contributed by atoms with E-state index in [-0.39, 0.29) is 17.1 Å². The lowest BCUT2D eigenvalue weighted by Gasteiger charge is -2.16. The molecule has 0 spiro atoms. The molecule has 10 heteroatoms. The number of ether oxygens (including phenoxy) is 2. The number of nitrogens with one attached hydrogen (secondary N) is 1. The zero-order valence-electron chi connectivity index (χ0n) is 18.5. The van der Waals surface area contributed by atoms with Crippen molar-refractivity contribution in [2.75, 3.05) is 13.2 Å². The van der Waals surface area contributed by atoms with E-state index in [9.17, 15) is 12.8 Å². The minimum Gasteiger partial charge on any atom is -0.490 e. The van der Waals surface area contributed by atoms with Crippen molar-refractivity contribution >= 4 is 37.6 Å². The number of sulfonamides is 1. The Bertz CT molecular complexity index is 1220. The van der Waals surface area contributed by atoms with E-state index in [2.05, 4.69) is 21.2 Å². The first-order valence-corrected chi connectivity index (χ1v) is 13.2. The first-order chi connectivity index (χ1) is 16.2. The van der Waals surface area contributed by atoms with Gasteiger partial charge in [0.25, 0.3) is 0 Å². The first-order valence-electron chi connectivity index (χ1n) is 10.5. The summed E-state index contributed by atoms with van der Waals surface area (Å²) >= 11 is 9.63. The Morgan fingerprint density at radius 3 is 2.47 bits per heavy atom. The quantitative estimate of drug-likeness (QED) is 0.309. The second-order valence-corrected chi connectivity index (χ2v) is 10.3. The third-order valence-electron chi connectivity index (χ3n) is 4.96. The van der Waals surface area contributed by atoms with Gasteiger partial charge in [0.2, 0.25) is 10.0 Å². The van der Waals surface area contributed by atoms with Crippen LogP contribution in [0.4, 0.5) is 4.39 Å². The molecule has 0 fully saturated rings. The molecule has 34 heavy (non-hydrogen) atoms. The fourth-order valence-electron chi connectivity index (χ4n) is 3.25. The number of hydrogen-bond donors (Lipinski definition) is 2. The predicted octanol–water partition coefficient (Wildman–Crippen LogP) is 5.20. The van der Waals surface area contributed by atoms with Crippen molar-refractivity contribution in [3.63, 3.8) is 0 Å². The van der Waals surface area contributed by atoms with Crippen LogP contribution >= 0.6 is 27.5 Å². The van der Waals surface area contributed by atoms with Crippen LogP contribution in [0.25, 0.3) is 0 Å². The Balaban J connectivity index is 1.62. The minimum absolute atomic E-state index is 0.0357. The lowest BCUT2D eigenvalue weighted by molar-refractivity contribution is 0.264. The maximum Gasteiger partial charge on any atom is 0.238 e. The lowest BCUT2D eigenvalue weighted by Crippen LogP contribution is -2.17. The molecule has 0 saturated heterocycles. The molecule has 0 atom stereocenters. The fourth-order valence-corrected chi connectivity index (χ4v) is 4.59. The summed E-state index contributed by atoms with van der Waals surface area (Å²) in [5.74, 6) is 0.585.